The first-order valence-corrected chi connectivity index (χ1v) is 6.25. The van der Waals surface area contributed by atoms with Crippen LogP contribution in [-0.2, 0) is 9.53 Å². The molecule has 2 atom stereocenters. The Morgan fingerprint density at radius 3 is 2.53 bits per heavy atom. The number of esters is 1. The van der Waals surface area contributed by atoms with Crippen LogP contribution in [0.3, 0.4) is 0 Å². The molecule has 17 heavy (non-hydrogen) atoms. The summed E-state index contributed by atoms with van der Waals surface area (Å²) in [6.45, 7) is 3.10. The van der Waals surface area contributed by atoms with Gasteiger partial charge in [0, 0.05) is 19.1 Å². The van der Waals surface area contributed by atoms with E-state index in [1.165, 1.54) is 13.5 Å². The highest BCUT2D eigenvalue weighted by molar-refractivity contribution is 5.78. The predicted molar refractivity (Wildman–Crippen MR) is 62.4 cm³/mol. The summed E-state index contributed by atoms with van der Waals surface area (Å²) in [7, 11) is 1.39. The minimum Gasteiger partial charge on any atom is -0.469 e. The molecule has 0 spiro atoms. The summed E-state index contributed by atoms with van der Waals surface area (Å²) in [5.41, 5.74) is 0. The SMILES string of the molecule is COC(=O)C1CN(C(=O)NC2CCC2)CC1C. The van der Waals surface area contributed by atoms with Crippen LogP contribution in [0.1, 0.15) is 26.2 Å². The Bertz CT molecular complexity index is 315. The zero-order valence-corrected chi connectivity index (χ0v) is 10.4. The number of hydrogen-bond acceptors (Lipinski definition) is 3. The van der Waals surface area contributed by atoms with E-state index in [1.807, 2.05) is 6.92 Å². The number of hydrogen-bond donors (Lipinski definition) is 1. The Morgan fingerprint density at radius 1 is 1.29 bits per heavy atom. The van der Waals surface area contributed by atoms with Gasteiger partial charge in [0.25, 0.3) is 0 Å². The van der Waals surface area contributed by atoms with Crippen LogP contribution in [0.2, 0.25) is 0 Å². The molecule has 0 aromatic carbocycles. The maximum absolute atomic E-state index is 11.9. The number of likely N-dealkylation sites (tertiary alicyclic amines) is 1. The highest BCUT2D eigenvalue weighted by atomic mass is 16.5. The molecule has 2 rings (SSSR count). The summed E-state index contributed by atoms with van der Waals surface area (Å²) in [5.74, 6) is -0.210. The van der Waals surface area contributed by atoms with Gasteiger partial charge in [0.2, 0.25) is 0 Å². The monoisotopic (exact) mass is 240 g/mol. The smallest absolute Gasteiger partial charge is 0.317 e. The molecule has 1 saturated heterocycles. The number of nitrogens with one attached hydrogen (secondary N) is 1. The molecule has 1 aliphatic carbocycles. The van der Waals surface area contributed by atoms with E-state index < -0.39 is 0 Å². The molecule has 1 heterocycles. The van der Waals surface area contributed by atoms with Gasteiger partial charge in [-0.05, 0) is 25.2 Å². The van der Waals surface area contributed by atoms with Crippen LogP contribution in [0.15, 0.2) is 0 Å². The molecule has 0 aromatic heterocycles. The zero-order valence-electron chi connectivity index (χ0n) is 10.4. The van der Waals surface area contributed by atoms with Crippen molar-refractivity contribution in [2.45, 2.75) is 32.2 Å². The van der Waals surface area contributed by atoms with E-state index in [0.29, 0.717) is 19.1 Å². The Labute approximate surface area is 101 Å². The van der Waals surface area contributed by atoms with Crippen molar-refractivity contribution in [3.63, 3.8) is 0 Å². The predicted octanol–water partition coefficient (Wildman–Crippen LogP) is 0.989. The number of methoxy groups -OCH3 is 1. The van der Waals surface area contributed by atoms with Crippen LogP contribution in [0.4, 0.5) is 4.79 Å². The van der Waals surface area contributed by atoms with Gasteiger partial charge in [-0.25, -0.2) is 4.79 Å². The number of nitrogens with zero attached hydrogens (tertiary/aromatic N) is 1. The first-order valence-electron chi connectivity index (χ1n) is 6.25. The van der Waals surface area contributed by atoms with Crippen molar-refractivity contribution in [1.29, 1.82) is 0 Å². The highest BCUT2D eigenvalue weighted by Gasteiger charge is 2.38. The van der Waals surface area contributed by atoms with Crippen molar-refractivity contribution < 1.29 is 14.3 Å². The van der Waals surface area contributed by atoms with Gasteiger partial charge in [0.15, 0.2) is 0 Å². The molecule has 2 unspecified atom stereocenters. The number of rotatable bonds is 2. The third kappa shape index (κ3) is 2.53. The largest absolute Gasteiger partial charge is 0.469 e. The lowest BCUT2D eigenvalue weighted by Gasteiger charge is -2.29. The molecule has 1 N–H and O–H groups in total. The third-order valence-electron chi connectivity index (χ3n) is 3.84. The quantitative estimate of drug-likeness (QED) is 0.732. The van der Waals surface area contributed by atoms with Crippen molar-refractivity contribution in [3.05, 3.63) is 0 Å². The second-order valence-electron chi connectivity index (χ2n) is 5.09. The third-order valence-corrected chi connectivity index (χ3v) is 3.84. The van der Waals surface area contributed by atoms with Crippen molar-refractivity contribution in [1.82, 2.24) is 10.2 Å². The minimum absolute atomic E-state index is 0.0343. The molecular weight excluding hydrogens is 220 g/mol. The summed E-state index contributed by atoms with van der Waals surface area (Å²) in [4.78, 5) is 25.1. The molecular formula is C12H20N2O3. The summed E-state index contributed by atoms with van der Waals surface area (Å²) >= 11 is 0. The Balaban J connectivity index is 1.86. The number of carbonyl (C=O) groups is 2. The van der Waals surface area contributed by atoms with Gasteiger partial charge in [-0.3, -0.25) is 4.79 Å². The van der Waals surface area contributed by atoms with Crippen LogP contribution in [0.25, 0.3) is 0 Å². The zero-order chi connectivity index (χ0) is 12.4. The fourth-order valence-corrected chi connectivity index (χ4v) is 2.41. The summed E-state index contributed by atoms with van der Waals surface area (Å²) in [6.07, 6.45) is 3.36. The number of ether oxygens (including phenoxy) is 1. The van der Waals surface area contributed by atoms with E-state index >= 15 is 0 Å². The molecule has 2 aliphatic rings. The van der Waals surface area contributed by atoms with Gasteiger partial charge in [0.1, 0.15) is 0 Å². The topological polar surface area (TPSA) is 58.6 Å². The van der Waals surface area contributed by atoms with Gasteiger partial charge in [-0.15, -0.1) is 0 Å². The van der Waals surface area contributed by atoms with Gasteiger partial charge >= 0.3 is 12.0 Å². The number of amides is 2. The van der Waals surface area contributed by atoms with E-state index in [0.717, 1.165) is 12.8 Å². The Hall–Kier alpha value is -1.26. The molecule has 0 bridgehead atoms. The van der Waals surface area contributed by atoms with E-state index in [4.69, 9.17) is 4.74 Å². The van der Waals surface area contributed by atoms with Crippen LogP contribution in [0.5, 0.6) is 0 Å². The van der Waals surface area contributed by atoms with Crippen LogP contribution in [0, 0.1) is 11.8 Å². The standard InChI is InChI=1S/C12H20N2O3/c1-8-6-14(7-10(8)11(15)17-2)12(16)13-9-4-3-5-9/h8-10H,3-7H2,1-2H3,(H,13,16). The van der Waals surface area contributed by atoms with Gasteiger partial charge < -0.3 is 15.0 Å². The second-order valence-corrected chi connectivity index (χ2v) is 5.09. The van der Waals surface area contributed by atoms with E-state index in [9.17, 15) is 9.59 Å². The lowest BCUT2D eigenvalue weighted by molar-refractivity contribution is -0.145. The fourth-order valence-electron chi connectivity index (χ4n) is 2.41. The summed E-state index contributed by atoms with van der Waals surface area (Å²) < 4.78 is 4.75. The maximum atomic E-state index is 11.9. The van der Waals surface area contributed by atoms with Gasteiger partial charge in [-0.1, -0.05) is 6.92 Å². The molecule has 96 valence electrons. The van der Waals surface area contributed by atoms with Crippen molar-refractivity contribution in [2.75, 3.05) is 20.2 Å². The molecule has 2 amide bonds. The molecule has 0 radical (unpaired) electrons. The first kappa shape index (κ1) is 12.2. The average Bonchev–Trinajstić information content (AvgIpc) is 2.64. The Morgan fingerprint density at radius 2 is 2.00 bits per heavy atom. The number of urea groups is 1. The van der Waals surface area contributed by atoms with Crippen molar-refractivity contribution >= 4 is 12.0 Å². The maximum Gasteiger partial charge on any atom is 0.317 e. The highest BCUT2D eigenvalue weighted by Crippen LogP contribution is 2.25. The normalized spacial score (nSPS) is 28.7. The number of carbonyl (C=O) groups excluding carboxylic acids is 2. The lowest BCUT2D eigenvalue weighted by Crippen LogP contribution is -2.46. The molecule has 5 nitrogen and oxygen atoms in total. The van der Waals surface area contributed by atoms with Crippen LogP contribution < -0.4 is 5.32 Å². The fraction of sp³-hybridized carbons (Fsp3) is 0.833. The molecule has 2 fully saturated rings. The van der Waals surface area contributed by atoms with Crippen molar-refractivity contribution in [3.8, 4) is 0 Å². The Kier molecular flexibility index (Phi) is 3.54. The lowest BCUT2D eigenvalue weighted by atomic mass is 9.93. The molecule has 5 heteroatoms. The van der Waals surface area contributed by atoms with E-state index in [1.54, 1.807) is 4.90 Å². The van der Waals surface area contributed by atoms with E-state index in [-0.39, 0.29) is 23.8 Å². The van der Waals surface area contributed by atoms with E-state index in [2.05, 4.69) is 5.32 Å². The first-order chi connectivity index (χ1) is 8.11. The van der Waals surface area contributed by atoms with Crippen LogP contribution >= 0.6 is 0 Å². The van der Waals surface area contributed by atoms with Gasteiger partial charge in [-0.2, -0.15) is 0 Å². The second kappa shape index (κ2) is 4.94. The van der Waals surface area contributed by atoms with Crippen LogP contribution in [-0.4, -0.2) is 43.1 Å². The average molecular weight is 240 g/mol. The molecule has 1 saturated carbocycles. The summed E-state index contributed by atoms with van der Waals surface area (Å²) in [5, 5.41) is 2.99. The molecule has 1 aliphatic heterocycles. The minimum atomic E-state index is -0.212. The summed E-state index contributed by atoms with van der Waals surface area (Å²) in [6, 6.07) is 0.308. The molecule has 0 aromatic rings. The van der Waals surface area contributed by atoms with Gasteiger partial charge in [0.05, 0.1) is 13.0 Å². The van der Waals surface area contributed by atoms with Crippen molar-refractivity contribution in [2.24, 2.45) is 11.8 Å².